The molecule has 2 N–H and O–H groups in total. The van der Waals surface area contributed by atoms with Gasteiger partial charge < -0.3 is 14.8 Å². The number of nitrogens with one attached hydrogen (secondary N) is 2. The highest BCUT2D eigenvalue weighted by atomic mass is 32.1. The van der Waals surface area contributed by atoms with E-state index in [9.17, 15) is 9.59 Å². The lowest BCUT2D eigenvalue weighted by Gasteiger charge is -2.13. The van der Waals surface area contributed by atoms with Crippen molar-refractivity contribution in [2.45, 2.75) is 6.92 Å². The number of pyridine rings is 2. The van der Waals surface area contributed by atoms with Gasteiger partial charge in [0, 0.05) is 59.8 Å². The van der Waals surface area contributed by atoms with Gasteiger partial charge in [0.15, 0.2) is 0 Å². The summed E-state index contributed by atoms with van der Waals surface area (Å²) in [4.78, 5) is 37.8. The van der Waals surface area contributed by atoms with E-state index in [2.05, 4.69) is 25.7 Å². The molecule has 0 bridgehead atoms. The van der Waals surface area contributed by atoms with Gasteiger partial charge in [-0.15, -0.1) is 11.3 Å². The molecule has 4 heterocycles. The Kier molecular flexibility index (Phi) is 7.01. The van der Waals surface area contributed by atoms with Crippen molar-refractivity contribution in [1.29, 1.82) is 0 Å². The fourth-order valence-corrected chi connectivity index (χ4v) is 4.21. The number of amides is 2. The number of urea groups is 1. The largest absolute Gasteiger partial charge is 0.480 e. The van der Waals surface area contributed by atoms with E-state index < -0.39 is 5.97 Å². The lowest BCUT2D eigenvalue weighted by Crippen LogP contribution is -2.28. The van der Waals surface area contributed by atoms with Crippen LogP contribution >= 0.6 is 11.3 Å². The van der Waals surface area contributed by atoms with Crippen molar-refractivity contribution in [1.82, 2.24) is 30.0 Å². The molecule has 0 fully saturated rings. The molecular weight excluding hydrogens is 470 g/mol. The summed E-state index contributed by atoms with van der Waals surface area (Å²) < 4.78 is 11.8. The van der Waals surface area contributed by atoms with E-state index in [0.717, 1.165) is 11.3 Å². The summed E-state index contributed by atoms with van der Waals surface area (Å²) in [6.45, 7) is 2.30. The summed E-state index contributed by atoms with van der Waals surface area (Å²) in [5.41, 5.74) is 3.80. The average molecular weight is 494 g/mol. The van der Waals surface area contributed by atoms with Crippen LogP contribution in [0.1, 0.15) is 17.3 Å². The Bertz CT molecular complexity index is 1380. The highest BCUT2D eigenvalue weighted by Crippen LogP contribution is 2.37. The first-order valence-corrected chi connectivity index (χ1v) is 11.4. The second-order valence-corrected chi connectivity index (χ2v) is 8.17. The topological polar surface area (TPSA) is 133 Å². The van der Waals surface area contributed by atoms with Crippen molar-refractivity contribution in [3.63, 3.8) is 0 Å². The van der Waals surface area contributed by atoms with Crippen LogP contribution in [-0.2, 0) is 11.8 Å². The molecule has 35 heavy (non-hydrogen) atoms. The number of rotatable bonds is 7. The Morgan fingerprint density at radius 3 is 2.60 bits per heavy atom. The molecule has 0 aliphatic carbocycles. The molecule has 4 aromatic rings. The van der Waals surface area contributed by atoms with Crippen LogP contribution < -0.4 is 15.4 Å². The molecule has 2 amide bonds. The minimum Gasteiger partial charge on any atom is -0.480 e. The number of ether oxygens (including phenoxy) is 2. The smallest absolute Gasteiger partial charge is 0.343 e. The summed E-state index contributed by atoms with van der Waals surface area (Å²) >= 11 is 1.44. The lowest BCUT2D eigenvalue weighted by atomic mass is 10.0. The van der Waals surface area contributed by atoms with E-state index in [4.69, 9.17) is 14.5 Å². The maximum Gasteiger partial charge on any atom is 0.343 e. The van der Waals surface area contributed by atoms with Crippen LogP contribution in [0.3, 0.4) is 0 Å². The summed E-state index contributed by atoms with van der Waals surface area (Å²) in [6.07, 6.45) is 6.81. The van der Waals surface area contributed by atoms with Crippen molar-refractivity contribution in [2.24, 2.45) is 7.05 Å². The highest BCUT2D eigenvalue weighted by molar-refractivity contribution is 7.13. The first-order valence-electron chi connectivity index (χ1n) is 10.6. The maximum atomic E-state index is 12.3. The number of carbonyl (C=O) groups is 2. The van der Waals surface area contributed by atoms with Crippen molar-refractivity contribution in [3.05, 3.63) is 47.9 Å². The van der Waals surface area contributed by atoms with E-state index in [1.165, 1.54) is 25.6 Å². The van der Waals surface area contributed by atoms with Crippen molar-refractivity contribution in [3.8, 4) is 38.8 Å². The molecule has 0 saturated carbocycles. The number of hydrogen-bond donors (Lipinski definition) is 2. The number of aryl methyl sites for hydroxylation is 1. The Morgan fingerprint density at radius 2 is 1.91 bits per heavy atom. The van der Waals surface area contributed by atoms with Crippen molar-refractivity contribution >= 4 is 29.2 Å². The lowest BCUT2D eigenvalue weighted by molar-refractivity contribution is 0.0596. The quantitative estimate of drug-likeness (QED) is 0.373. The van der Waals surface area contributed by atoms with E-state index >= 15 is 0 Å². The average Bonchev–Trinajstić information content (AvgIpc) is 3.52. The minimum absolute atomic E-state index is 0.151. The van der Waals surface area contributed by atoms with E-state index in [0.29, 0.717) is 34.1 Å². The monoisotopic (exact) mass is 493 g/mol. The van der Waals surface area contributed by atoms with Gasteiger partial charge >= 0.3 is 12.0 Å². The Labute approximate surface area is 205 Å². The predicted molar refractivity (Wildman–Crippen MR) is 131 cm³/mol. The first kappa shape index (κ1) is 23.8. The van der Waals surface area contributed by atoms with Crippen LogP contribution in [0.5, 0.6) is 5.88 Å². The predicted octanol–water partition coefficient (Wildman–Crippen LogP) is 3.60. The minimum atomic E-state index is -0.576. The Balaban J connectivity index is 1.83. The molecule has 0 unspecified atom stereocenters. The second-order valence-electron chi connectivity index (χ2n) is 7.31. The third-order valence-corrected chi connectivity index (χ3v) is 5.85. The van der Waals surface area contributed by atoms with Gasteiger partial charge in [0.05, 0.1) is 26.1 Å². The van der Waals surface area contributed by atoms with Crippen LogP contribution in [-0.4, -0.2) is 57.5 Å². The molecular formula is C23H23N7O4S. The molecule has 4 rings (SSSR count). The van der Waals surface area contributed by atoms with Gasteiger partial charge in [-0.3, -0.25) is 10.00 Å². The zero-order valence-electron chi connectivity index (χ0n) is 19.5. The zero-order valence-corrected chi connectivity index (χ0v) is 20.3. The number of hydrogen-bond acceptors (Lipinski definition) is 9. The SMILES string of the molecule is CCNC(=O)Nc1cc(-c2nc(-c3cnn(C)c3)cs2)c(-c2cnc(OC)c(C(=O)OC)c2)cn1. The fraction of sp³-hybridized carbons (Fsp3) is 0.217. The molecule has 0 spiro atoms. The summed E-state index contributed by atoms with van der Waals surface area (Å²) in [5.74, 6) is -0.0754. The van der Waals surface area contributed by atoms with Gasteiger partial charge in [0.1, 0.15) is 16.4 Å². The summed E-state index contributed by atoms with van der Waals surface area (Å²) in [6, 6.07) is 3.00. The molecule has 11 nitrogen and oxygen atoms in total. The second kappa shape index (κ2) is 10.3. The van der Waals surface area contributed by atoms with E-state index in [1.54, 1.807) is 35.4 Å². The third-order valence-electron chi connectivity index (χ3n) is 4.98. The van der Waals surface area contributed by atoms with E-state index in [-0.39, 0.29) is 17.5 Å². The van der Waals surface area contributed by atoms with Crippen LogP contribution in [0.2, 0.25) is 0 Å². The zero-order chi connectivity index (χ0) is 24.9. The maximum absolute atomic E-state index is 12.3. The van der Waals surface area contributed by atoms with Crippen LogP contribution in [0.4, 0.5) is 10.6 Å². The van der Waals surface area contributed by atoms with Gasteiger partial charge in [-0.2, -0.15) is 5.10 Å². The molecule has 0 aliphatic heterocycles. The molecule has 12 heteroatoms. The number of methoxy groups -OCH3 is 2. The third kappa shape index (κ3) is 5.11. The van der Waals surface area contributed by atoms with Gasteiger partial charge in [0.2, 0.25) is 5.88 Å². The number of anilines is 1. The normalized spacial score (nSPS) is 10.6. The first-order chi connectivity index (χ1) is 16.9. The molecule has 0 aromatic carbocycles. The van der Waals surface area contributed by atoms with Crippen molar-refractivity contribution in [2.75, 3.05) is 26.1 Å². The van der Waals surface area contributed by atoms with Crippen LogP contribution in [0.25, 0.3) is 33.0 Å². The van der Waals surface area contributed by atoms with Gasteiger partial charge in [-0.1, -0.05) is 0 Å². The number of carbonyl (C=O) groups excluding carboxylic acids is 2. The van der Waals surface area contributed by atoms with Gasteiger partial charge in [0.25, 0.3) is 0 Å². The summed E-state index contributed by atoms with van der Waals surface area (Å²) in [5, 5.41) is 12.2. The van der Waals surface area contributed by atoms with E-state index in [1.807, 2.05) is 25.5 Å². The van der Waals surface area contributed by atoms with Gasteiger partial charge in [-0.25, -0.2) is 24.5 Å². The molecule has 0 atom stereocenters. The standard InChI is InChI=1S/C23H23N7O4S/c1-5-24-23(32)29-19-7-15(21-28-18(12-35-21)14-9-27-30(2)11-14)17(10-25-19)13-6-16(22(31)34-4)20(33-3)26-8-13/h6-12H,5H2,1-4H3,(H2,24,25,29,32). The Morgan fingerprint density at radius 1 is 1.09 bits per heavy atom. The molecule has 180 valence electrons. The summed E-state index contributed by atoms with van der Waals surface area (Å²) in [7, 11) is 4.56. The van der Waals surface area contributed by atoms with Crippen molar-refractivity contribution < 1.29 is 19.1 Å². The van der Waals surface area contributed by atoms with Gasteiger partial charge in [-0.05, 0) is 19.1 Å². The highest BCUT2D eigenvalue weighted by Gasteiger charge is 2.20. The van der Waals surface area contributed by atoms with Crippen LogP contribution in [0, 0.1) is 0 Å². The fourth-order valence-electron chi connectivity index (χ4n) is 3.35. The molecule has 0 aliphatic rings. The molecule has 0 saturated heterocycles. The molecule has 4 aromatic heterocycles. The number of aromatic nitrogens is 5. The Hall–Kier alpha value is -4.32. The van der Waals surface area contributed by atoms with Crippen LogP contribution in [0.15, 0.2) is 42.3 Å². The number of thiazole rings is 1. The molecule has 0 radical (unpaired) electrons. The number of nitrogens with zero attached hydrogens (tertiary/aromatic N) is 5. The number of esters is 1.